The number of hydrogen-bond acceptors (Lipinski definition) is 5. The predicted molar refractivity (Wildman–Crippen MR) is 115 cm³/mol. The van der Waals surface area contributed by atoms with Gasteiger partial charge in [0.25, 0.3) is 5.91 Å². The molecule has 1 aliphatic rings. The zero-order valence-corrected chi connectivity index (χ0v) is 17.8. The van der Waals surface area contributed by atoms with Gasteiger partial charge in [-0.1, -0.05) is 49.3 Å². The maximum absolute atomic E-state index is 13.6. The third-order valence-electron chi connectivity index (χ3n) is 5.57. The van der Waals surface area contributed by atoms with E-state index in [1.807, 2.05) is 48.2 Å². The van der Waals surface area contributed by atoms with Gasteiger partial charge in [-0.2, -0.15) is 4.98 Å². The second-order valence-electron chi connectivity index (χ2n) is 8.42. The quantitative estimate of drug-likeness (QED) is 0.618. The summed E-state index contributed by atoms with van der Waals surface area (Å²) in [6, 6.07) is 11.9. The lowest BCUT2D eigenvalue weighted by Gasteiger charge is -2.32. The molecule has 3 aromatic rings. The van der Waals surface area contributed by atoms with Crippen molar-refractivity contribution in [3.8, 4) is 11.1 Å². The van der Waals surface area contributed by atoms with Gasteiger partial charge in [0, 0.05) is 25.7 Å². The molecule has 0 saturated carbocycles. The van der Waals surface area contributed by atoms with E-state index in [0.29, 0.717) is 23.9 Å². The average molecular weight is 405 g/mol. The Balaban J connectivity index is 1.58. The summed E-state index contributed by atoms with van der Waals surface area (Å²) >= 11 is 0. The summed E-state index contributed by atoms with van der Waals surface area (Å²) in [5.74, 6) is 1.97. The molecule has 1 atom stereocenters. The number of pyridine rings is 1. The van der Waals surface area contributed by atoms with Gasteiger partial charge in [0.15, 0.2) is 5.82 Å². The number of rotatable bonds is 5. The molecule has 2 aromatic heterocycles. The Kier molecular flexibility index (Phi) is 5.93. The van der Waals surface area contributed by atoms with E-state index in [2.05, 4.69) is 29.0 Å². The second-order valence-corrected chi connectivity index (χ2v) is 8.42. The first kappa shape index (κ1) is 20.3. The van der Waals surface area contributed by atoms with E-state index in [1.54, 1.807) is 6.20 Å². The predicted octanol–water partition coefficient (Wildman–Crippen LogP) is 4.66. The zero-order chi connectivity index (χ0) is 21.1. The monoisotopic (exact) mass is 404 g/mol. The van der Waals surface area contributed by atoms with Gasteiger partial charge in [0.2, 0.25) is 5.89 Å². The normalized spacial score (nSPS) is 16.8. The molecule has 1 fully saturated rings. The number of amides is 1. The number of carbonyl (C=O) groups excluding carboxylic acids is 1. The van der Waals surface area contributed by atoms with Crippen molar-refractivity contribution < 1.29 is 9.32 Å². The third kappa shape index (κ3) is 4.27. The minimum atomic E-state index is 0.0195. The van der Waals surface area contributed by atoms with Crippen LogP contribution in [0, 0.1) is 12.8 Å². The molecule has 3 heterocycles. The average Bonchev–Trinajstić information content (AvgIpc) is 3.21. The number of carbonyl (C=O) groups is 1. The fourth-order valence-corrected chi connectivity index (χ4v) is 4.10. The molecule has 0 radical (unpaired) electrons. The fraction of sp³-hybridized carbons (Fsp3) is 0.417. The summed E-state index contributed by atoms with van der Waals surface area (Å²) in [4.78, 5) is 24.5. The Bertz CT molecular complexity index is 1010. The van der Waals surface area contributed by atoms with Crippen molar-refractivity contribution >= 4 is 5.91 Å². The molecule has 1 saturated heterocycles. The van der Waals surface area contributed by atoms with Crippen LogP contribution in [0.25, 0.3) is 11.1 Å². The van der Waals surface area contributed by atoms with Crippen LogP contribution in [0.15, 0.2) is 47.1 Å². The lowest BCUT2D eigenvalue weighted by Crippen LogP contribution is -2.39. The number of hydrogen-bond donors (Lipinski definition) is 0. The largest absolute Gasteiger partial charge is 0.339 e. The van der Waals surface area contributed by atoms with Crippen LogP contribution in [0.1, 0.15) is 60.4 Å². The van der Waals surface area contributed by atoms with Crippen LogP contribution >= 0.6 is 0 Å². The highest BCUT2D eigenvalue weighted by atomic mass is 16.5. The standard InChI is InChI=1S/C24H28N4O2/c1-16(2)14-21-26-23(30-27-21)19-10-7-13-28(15-19)24(29)22-17(3)25-12-11-20(22)18-8-5-4-6-9-18/h4-6,8-9,11-12,16,19H,7,10,13-15H2,1-3H3/t19-/m0/s1. The van der Waals surface area contributed by atoms with Crippen molar-refractivity contribution in [1.29, 1.82) is 0 Å². The lowest BCUT2D eigenvalue weighted by molar-refractivity contribution is 0.0695. The first-order chi connectivity index (χ1) is 14.5. The van der Waals surface area contributed by atoms with E-state index < -0.39 is 0 Å². The first-order valence-electron chi connectivity index (χ1n) is 10.7. The van der Waals surface area contributed by atoms with Gasteiger partial charge < -0.3 is 9.42 Å². The summed E-state index contributed by atoms with van der Waals surface area (Å²) in [5, 5.41) is 4.13. The molecule has 0 bridgehead atoms. The van der Waals surface area contributed by atoms with E-state index in [9.17, 15) is 4.79 Å². The van der Waals surface area contributed by atoms with Crippen molar-refractivity contribution in [1.82, 2.24) is 20.0 Å². The molecule has 1 aromatic carbocycles. The Hall–Kier alpha value is -3.02. The molecule has 0 unspecified atom stereocenters. The molecule has 1 aliphatic heterocycles. The summed E-state index contributed by atoms with van der Waals surface area (Å²) in [6.45, 7) is 7.49. The zero-order valence-electron chi connectivity index (χ0n) is 17.8. The molecule has 30 heavy (non-hydrogen) atoms. The maximum atomic E-state index is 13.6. The highest BCUT2D eigenvalue weighted by Gasteiger charge is 2.31. The highest BCUT2D eigenvalue weighted by molar-refractivity contribution is 6.01. The molecule has 156 valence electrons. The minimum Gasteiger partial charge on any atom is -0.339 e. The van der Waals surface area contributed by atoms with Gasteiger partial charge in [-0.3, -0.25) is 9.78 Å². The summed E-state index contributed by atoms with van der Waals surface area (Å²) in [5.41, 5.74) is 3.37. The summed E-state index contributed by atoms with van der Waals surface area (Å²) in [7, 11) is 0. The van der Waals surface area contributed by atoms with Crippen molar-refractivity contribution in [3.05, 3.63) is 65.6 Å². The van der Waals surface area contributed by atoms with E-state index in [-0.39, 0.29) is 11.8 Å². The first-order valence-corrected chi connectivity index (χ1v) is 10.7. The Morgan fingerprint density at radius 1 is 1.23 bits per heavy atom. The van der Waals surface area contributed by atoms with Crippen LogP contribution in [0.4, 0.5) is 0 Å². The van der Waals surface area contributed by atoms with Crippen molar-refractivity contribution in [3.63, 3.8) is 0 Å². The smallest absolute Gasteiger partial charge is 0.256 e. The molecule has 6 nitrogen and oxygen atoms in total. The number of likely N-dealkylation sites (tertiary alicyclic amines) is 1. The molecule has 1 amide bonds. The number of nitrogens with zero attached hydrogens (tertiary/aromatic N) is 4. The van der Waals surface area contributed by atoms with Crippen LogP contribution in [0.5, 0.6) is 0 Å². The maximum Gasteiger partial charge on any atom is 0.256 e. The molecule has 0 aliphatic carbocycles. The van der Waals surface area contributed by atoms with Crippen molar-refractivity contribution in [2.75, 3.05) is 13.1 Å². The summed E-state index contributed by atoms with van der Waals surface area (Å²) < 4.78 is 5.54. The Labute approximate surface area is 177 Å². The van der Waals surface area contributed by atoms with Gasteiger partial charge in [0.1, 0.15) is 0 Å². The van der Waals surface area contributed by atoms with Gasteiger partial charge in [-0.15, -0.1) is 0 Å². The molecular weight excluding hydrogens is 376 g/mol. The molecule has 4 rings (SSSR count). The fourth-order valence-electron chi connectivity index (χ4n) is 4.10. The topological polar surface area (TPSA) is 72.1 Å². The lowest BCUT2D eigenvalue weighted by atomic mass is 9.94. The highest BCUT2D eigenvalue weighted by Crippen LogP contribution is 2.30. The van der Waals surface area contributed by atoms with E-state index in [0.717, 1.165) is 48.5 Å². The summed E-state index contributed by atoms with van der Waals surface area (Å²) in [6.07, 6.45) is 4.43. The number of aryl methyl sites for hydroxylation is 1. The van der Waals surface area contributed by atoms with E-state index in [4.69, 9.17) is 4.52 Å². The van der Waals surface area contributed by atoms with Crippen LogP contribution in [0.2, 0.25) is 0 Å². The van der Waals surface area contributed by atoms with E-state index >= 15 is 0 Å². The number of benzene rings is 1. The van der Waals surface area contributed by atoms with Gasteiger partial charge in [-0.05, 0) is 42.9 Å². The minimum absolute atomic E-state index is 0.0195. The van der Waals surface area contributed by atoms with Crippen LogP contribution in [0.3, 0.4) is 0 Å². The van der Waals surface area contributed by atoms with E-state index in [1.165, 1.54) is 0 Å². The molecule has 0 N–H and O–H groups in total. The van der Waals surface area contributed by atoms with Crippen LogP contribution < -0.4 is 0 Å². The SMILES string of the molecule is Cc1nccc(-c2ccccc2)c1C(=O)N1CCC[C@H](c2nc(CC(C)C)no2)C1. The molecular formula is C24H28N4O2. The number of aromatic nitrogens is 3. The van der Waals surface area contributed by atoms with Crippen molar-refractivity contribution in [2.24, 2.45) is 5.92 Å². The van der Waals surface area contributed by atoms with Crippen LogP contribution in [-0.4, -0.2) is 39.0 Å². The molecule has 6 heteroatoms. The number of piperidine rings is 1. The molecule has 0 spiro atoms. The van der Waals surface area contributed by atoms with Crippen LogP contribution in [-0.2, 0) is 6.42 Å². The van der Waals surface area contributed by atoms with Crippen molar-refractivity contribution in [2.45, 2.75) is 46.0 Å². The van der Waals surface area contributed by atoms with Gasteiger partial charge >= 0.3 is 0 Å². The Morgan fingerprint density at radius 3 is 2.80 bits per heavy atom. The third-order valence-corrected chi connectivity index (χ3v) is 5.57. The Morgan fingerprint density at radius 2 is 2.03 bits per heavy atom. The van der Waals surface area contributed by atoms with Gasteiger partial charge in [0.05, 0.1) is 17.2 Å². The second kappa shape index (κ2) is 8.78. The van der Waals surface area contributed by atoms with Gasteiger partial charge in [-0.25, -0.2) is 0 Å².